The van der Waals surface area contributed by atoms with Crippen molar-refractivity contribution in [3.05, 3.63) is 29.0 Å². The predicted octanol–water partition coefficient (Wildman–Crippen LogP) is 3.00. The molecule has 0 bridgehead atoms. The summed E-state index contributed by atoms with van der Waals surface area (Å²) in [6, 6.07) is 3.78. The van der Waals surface area contributed by atoms with Crippen LogP contribution in [0.1, 0.15) is 32.8 Å². The molecule has 0 saturated carbocycles. The van der Waals surface area contributed by atoms with Crippen LogP contribution in [0, 0.1) is 0 Å². The first-order valence-corrected chi connectivity index (χ1v) is 10.9. The molecule has 0 aromatic carbocycles. The van der Waals surface area contributed by atoms with Gasteiger partial charge in [0.05, 0.1) is 0 Å². The van der Waals surface area contributed by atoms with Gasteiger partial charge in [0.2, 0.25) is 0 Å². The standard InChI is InChI=1S/C21H35ClN6O2.HI/c1-21(2,3)30-20(29)28-14-12-27(13-15-28)11-5-9-24-19(23-4)25-10-8-17-6-7-18(22)26-16-17;/h6-7,16H,5,8-15H2,1-4H3,(H2,23,24,25);1H. The highest BCUT2D eigenvalue weighted by Crippen LogP contribution is 2.12. The van der Waals surface area contributed by atoms with Crippen molar-refractivity contribution in [1.82, 2.24) is 25.4 Å². The zero-order valence-corrected chi connectivity index (χ0v) is 22.1. The van der Waals surface area contributed by atoms with Crippen LogP contribution in [0.25, 0.3) is 0 Å². The van der Waals surface area contributed by atoms with Crippen LogP contribution >= 0.6 is 35.6 Å². The number of aliphatic imine (C=N–C) groups is 1. The van der Waals surface area contributed by atoms with Gasteiger partial charge in [-0.05, 0) is 51.8 Å². The molecule has 10 heteroatoms. The minimum Gasteiger partial charge on any atom is -0.444 e. The van der Waals surface area contributed by atoms with E-state index in [4.69, 9.17) is 16.3 Å². The number of nitrogens with one attached hydrogen (secondary N) is 2. The second kappa shape index (κ2) is 13.9. The number of halogens is 2. The van der Waals surface area contributed by atoms with Crippen molar-refractivity contribution >= 4 is 47.6 Å². The van der Waals surface area contributed by atoms with E-state index in [-0.39, 0.29) is 30.1 Å². The maximum atomic E-state index is 12.1. The summed E-state index contributed by atoms with van der Waals surface area (Å²) in [6.45, 7) is 11.5. The first-order chi connectivity index (χ1) is 14.3. The van der Waals surface area contributed by atoms with Crippen LogP contribution in [-0.2, 0) is 11.2 Å². The van der Waals surface area contributed by atoms with Crippen molar-refractivity contribution in [3.63, 3.8) is 0 Å². The highest BCUT2D eigenvalue weighted by molar-refractivity contribution is 14.0. The van der Waals surface area contributed by atoms with Gasteiger partial charge in [0.1, 0.15) is 10.8 Å². The van der Waals surface area contributed by atoms with Gasteiger partial charge in [-0.1, -0.05) is 17.7 Å². The van der Waals surface area contributed by atoms with Crippen molar-refractivity contribution < 1.29 is 9.53 Å². The number of pyridine rings is 1. The lowest BCUT2D eigenvalue weighted by Crippen LogP contribution is -2.50. The second-order valence-corrected chi connectivity index (χ2v) is 8.71. The van der Waals surface area contributed by atoms with Gasteiger partial charge in [-0.15, -0.1) is 24.0 Å². The predicted molar refractivity (Wildman–Crippen MR) is 137 cm³/mol. The Hall–Kier alpha value is -1.33. The third-order valence-electron chi connectivity index (χ3n) is 4.69. The van der Waals surface area contributed by atoms with Crippen LogP contribution < -0.4 is 10.6 Å². The molecule has 176 valence electrons. The van der Waals surface area contributed by atoms with Gasteiger partial charge in [0.25, 0.3) is 0 Å². The number of rotatable bonds is 7. The largest absolute Gasteiger partial charge is 0.444 e. The Labute approximate surface area is 208 Å². The number of carbonyl (C=O) groups excluding carboxylic acids is 1. The van der Waals surface area contributed by atoms with Crippen LogP contribution in [0.5, 0.6) is 0 Å². The lowest BCUT2D eigenvalue weighted by molar-refractivity contribution is 0.0145. The third kappa shape index (κ3) is 11.2. The number of guanidine groups is 1. The summed E-state index contributed by atoms with van der Waals surface area (Å²) in [5, 5.41) is 7.17. The average molecular weight is 567 g/mol. The molecule has 1 aromatic heterocycles. The molecule has 0 spiro atoms. The fourth-order valence-electron chi connectivity index (χ4n) is 3.09. The van der Waals surface area contributed by atoms with Gasteiger partial charge in [-0.3, -0.25) is 9.89 Å². The molecule has 0 atom stereocenters. The van der Waals surface area contributed by atoms with Crippen molar-refractivity contribution in [3.8, 4) is 0 Å². The number of ether oxygens (including phenoxy) is 1. The topological polar surface area (TPSA) is 82.1 Å². The van der Waals surface area contributed by atoms with E-state index in [1.165, 1.54) is 0 Å². The van der Waals surface area contributed by atoms with Gasteiger partial charge < -0.3 is 20.3 Å². The molecule has 2 heterocycles. The number of hydrogen-bond donors (Lipinski definition) is 2. The van der Waals surface area contributed by atoms with Crippen molar-refractivity contribution in [1.29, 1.82) is 0 Å². The fourth-order valence-corrected chi connectivity index (χ4v) is 3.20. The summed E-state index contributed by atoms with van der Waals surface area (Å²) in [7, 11) is 1.77. The van der Waals surface area contributed by atoms with Crippen LogP contribution in [0.2, 0.25) is 5.15 Å². The molecule has 2 rings (SSSR count). The van der Waals surface area contributed by atoms with Crippen molar-refractivity contribution in [2.24, 2.45) is 4.99 Å². The molecule has 0 radical (unpaired) electrons. The number of amides is 1. The van der Waals surface area contributed by atoms with E-state index in [9.17, 15) is 4.79 Å². The molecular formula is C21H36ClIN6O2. The zero-order valence-electron chi connectivity index (χ0n) is 19.0. The lowest BCUT2D eigenvalue weighted by atomic mass is 10.2. The molecule has 0 aliphatic carbocycles. The SMILES string of the molecule is CN=C(NCCCN1CCN(C(=O)OC(C)(C)C)CC1)NCCc1ccc(Cl)nc1.I. The fraction of sp³-hybridized carbons (Fsp3) is 0.667. The van der Waals surface area contributed by atoms with Gasteiger partial charge in [0.15, 0.2) is 5.96 Å². The third-order valence-corrected chi connectivity index (χ3v) is 4.91. The smallest absolute Gasteiger partial charge is 0.410 e. The van der Waals surface area contributed by atoms with Crippen molar-refractivity contribution in [2.45, 2.75) is 39.2 Å². The van der Waals surface area contributed by atoms with E-state index in [1.807, 2.05) is 26.8 Å². The number of aromatic nitrogens is 1. The highest BCUT2D eigenvalue weighted by atomic mass is 127. The number of nitrogens with zero attached hydrogens (tertiary/aromatic N) is 4. The Morgan fingerprint density at radius 2 is 1.87 bits per heavy atom. The Bertz CT molecular complexity index is 688. The highest BCUT2D eigenvalue weighted by Gasteiger charge is 2.25. The van der Waals surface area contributed by atoms with E-state index in [0.717, 1.165) is 57.1 Å². The maximum absolute atomic E-state index is 12.1. The minimum absolute atomic E-state index is 0. The molecule has 1 aliphatic heterocycles. The molecule has 0 unspecified atom stereocenters. The van der Waals surface area contributed by atoms with E-state index < -0.39 is 5.60 Å². The van der Waals surface area contributed by atoms with E-state index in [0.29, 0.717) is 18.2 Å². The Kier molecular flexibility index (Phi) is 12.5. The van der Waals surface area contributed by atoms with Gasteiger partial charge >= 0.3 is 6.09 Å². The maximum Gasteiger partial charge on any atom is 0.410 e. The van der Waals surface area contributed by atoms with E-state index in [1.54, 1.807) is 24.2 Å². The zero-order chi connectivity index (χ0) is 22.0. The molecular weight excluding hydrogens is 531 g/mol. The summed E-state index contributed by atoms with van der Waals surface area (Å²) < 4.78 is 5.44. The van der Waals surface area contributed by atoms with E-state index >= 15 is 0 Å². The molecule has 1 fully saturated rings. The van der Waals surface area contributed by atoms with Gasteiger partial charge in [-0.2, -0.15) is 0 Å². The van der Waals surface area contributed by atoms with Gasteiger partial charge in [-0.25, -0.2) is 9.78 Å². The number of piperazine rings is 1. The van der Waals surface area contributed by atoms with Crippen molar-refractivity contribution in [2.75, 3.05) is 52.9 Å². The second-order valence-electron chi connectivity index (χ2n) is 8.33. The average Bonchev–Trinajstić information content (AvgIpc) is 2.70. The Morgan fingerprint density at radius 3 is 2.45 bits per heavy atom. The van der Waals surface area contributed by atoms with Crippen LogP contribution in [0.4, 0.5) is 4.79 Å². The summed E-state index contributed by atoms with van der Waals surface area (Å²) in [5.41, 5.74) is 0.686. The number of hydrogen-bond acceptors (Lipinski definition) is 5. The number of carbonyl (C=O) groups is 1. The minimum atomic E-state index is -0.446. The first-order valence-electron chi connectivity index (χ1n) is 10.5. The molecule has 2 N–H and O–H groups in total. The summed E-state index contributed by atoms with van der Waals surface area (Å²) in [4.78, 5) is 24.7. The Balaban J connectivity index is 0.00000480. The molecule has 1 aliphatic rings. The molecule has 8 nitrogen and oxygen atoms in total. The molecule has 31 heavy (non-hydrogen) atoms. The quantitative estimate of drug-likeness (QED) is 0.174. The Morgan fingerprint density at radius 1 is 1.19 bits per heavy atom. The monoisotopic (exact) mass is 566 g/mol. The normalized spacial score (nSPS) is 15.3. The first kappa shape index (κ1) is 27.7. The molecule has 1 aromatic rings. The molecule has 1 amide bonds. The van der Waals surface area contributed by atoms with Crippen LogP contribution in [0.3, 0.4) is 0 Å². The van der Waals surface area contributed by atoms with Crippen LogP contribution in [-0.4, -0.2) is 85.3 Å². The van der Waals surface area contributed by atoms with Gasteiger partial charge in [0, 0.05) is 52.5 Å². The van der Waals surface area contributed by atoms with E-state index in [2.05, 4.69) is 25.5 Å². The molecule has 1 saturated heterocycles. The summed E-state index contributed by atoms with van der Waals surface area (Å²) in [6.07, 6.45) is 3.44. The lowest BCUT2D eigenvalue weighted by Gasteiger charge is -2.35. The summed E-state index contributed by atoms with van der Waals surface area (Å²) >= 11 is 5.81. The summed E-state index contributed by atoms with van der Waals surface area (Å²) in [5.74, 6) is 0.798. The van der Waals surface area contributed by atoms with Crippen LogP contribution in [0.15, 0.2) is 23.3 Å².